The minimum atomic E-state index is 0.851. The Hall–Kier alpha value is -5.15. The molecule has 0 radical (unpaired) electrons. The molecule has 8 aromatic rings. The molecule has 3 heterocycles. The predicted molar refractivity (Wildman–Crippen MR) is 164 cm³/mol. The summed E-state index contributed by atoms with van der Waals surface area (Å²) in [5.74, 6) is 0. The maximum absolute atomic E-state index is 4.68. The second kappa shape index (κ2) is 7.68. The van der Waals surface area contributed by atoms with Crippen molar-refractivity contribution in [1.29, 1.82) is 0 Å². The van der Waals surface area contributed by atoms with Crippen LogP contribution < -0.4 is 0 Å². The molecule has 1 aliphatic heterocycles. The average molecular weight is 498 g/mol. The van der Waals surface area contributed by atoms with Gasteiger partial charge in [0, 0.05) is 45.4 Å². The topological polar surface area (TPSA) is 22.2 Å². The molecule has 0 saturated heterocycles. The molecule has 0 amide bonds. The zero-order valence-corrected chi connectivity index (χ0v) is 21.2. The zero-order chi connectivity index (χ0) is 25.5. The van der Waals surface area contributed by atoms with Gasteiger partial charge in [-0.05, 0) is 53.2 Å². The summed E-state index contributed by atoms with van der Waals surface area (Å²) in [6.07, 6.45) is 2.89. The highest BCUT2D eigenvalue weighted by molar-refractivity contribution is 6.31. The Morgan fingerprint density at radius 2 is 1.28 bits per heavy atom. The van der Waals surface area contributed by atoms with Crippen LogP contribution in [0.3, 0.4) is 0 Å². The first-order valence-electron chi connectivity index (χ1n) is 13.5. The van der Waals surface area contributed by atoms with E-state index in [0.717, 1.165) is 12.1 Å². The van der Waals surface area contributed by atoms with Crippen molar-refractivity contribution in [1.82, 2.24) is 9.13 Å². The van der Waals surface area contributed by atoms with Crippen molar-refractivity contribution in [2.75, 3.05) is 0 Å². The first-order valence-corrected chi connectivity index (χ1v) is 13.5. The van der Waals surface area contributed by atoms with E-state index in [0.29, 0.717) is 0 Å². The summed E-state index contributed by atoms with van der Waals surface area (Å²) in [6, 6.07) is 44.0. The smallest absolute Gasteiger partial charge is 0.0682 e. The zero-order valence-electron chi connectivity index (χ0n) is 21.2. The van der Waals surface area contributed by atoms with Crippen LogP contribution in [0.5, 0.6) is 0 Å². The van der Waals surface area contributed by atoms with Crippen LogP contribution >= 0.6 is 0 Å². The van der Waals surface area contributed by atoms with E-state index in [1.807, 2.05) is 6.21 Å². The van der Waals surface area contributed by atoms with Crippen LogP contribution in [0.15, 0.2) is 126 Å². The largest absolute Gasteiger partial charge is 0.309 e. The van der Waals surface area contributed by atoms with Crippen molar-refractivity contribution in [2.24, 2.45) is 4.99 Å². The van der Waals surface area contributed by atoms with Gasteiger partial charge in [-0.1, -0.05) is 78.9 Å². The highest BCUT2D eigenvalue weighted by Crippen LogP contribution is 2.45. The molecule has 0 atom stereocenters. The summed E-state index contributed by atoms with van der Waals surface area (Å²) < 4.78 is 4.92. The lowest BCUT2D eigenvalue weighted by Gasteiger charge is -2.13. The van der Waals surface area contributed by atoms with Crippen molar-refractivity contribution in [3.63, 3.8) is 0 Å². The van der Waals surface area contributed by atoms with Crippen molar-refractivity contribution < 1.29 is 0 Å². The Balaban J connectivity index is 1.59. The van der Waals surface area contributed by atoms with Crippen LogP contribution in [0.1, 0.15) is 5.56 Å². The molecule has 0 N–H and O–H groups in total. The van der Waals surface area contributed by atoms with E-state index < -0.39 is 0 Å². The number of fused-ring (bicyclic) bond motifs is 10. The van der Waals surface area contributed by atoms with Gasteiger partial charge in [-0.25, -0.2) is 0 Å². The molecule has 6 aromatic carbocycles. The van der Waals surface area contributed by atoms with Crippen molar-refractivity contribution >= 4 is 66.3 Å². The number of aromatic nitrogens is 2. The molecular weight excluding hydrogens is 474 g/mol. The van der Waals surface area contributed by atoms with Gasteiger partial charge >= 0.3 is 0 Å². The van der Waals surface area contributed by atoms with Gasteiger partial charge in [-0.2, -0.15) is 0 Å². The van der Waals surface area contributed by atoms with Gasteiger partial charge in [0.1, 0.15) is 0 Å². The van der Waals surface area contributed by atoms with E-state index in [9.17, 15) is 0 Å². The van der Waals surface area contributed by atoms with E-state index in [1.54, 1.807) is 0 Å². The predicted octanol–water partition coefficient (Wildman–Crippen LogP) is 9.29. The molecule has 0 saturated carbocycles. The maximum Gasteiger partial charge on any atom is 0.0682 e. The number of nitrogens with zero attached hydrogens (tertiary/aromatic N) is 3. The molecule has 3 nitrogen and oxygen atoms in total. The third kappa shape index (κ3) is 2.74. The Bertz CT molecular complexity index is 2300. The van der Waals surface area contributed by atoms with Crippen LogP contribution in [0, 0.1) is 0 Å². The first kappa shape index (κ1) is 20.9. The van der Waals surface area contributed by atoms with E-state index in [4.69, 9.17) is 0 Å². The highest BCUT2D eigenvalue weighted by Gasteiger charge is 2.23. The fourth-order valence-corrected chi connectivity index (χ4v) is 6.76. The lowest BCUT2D eigenvalue weighted by Crippen LogP contribution is -1.99. The van der Waals surface area contributed by atoms with Gasteiger partial charge in [0.15, 0.2) is 0 Å². The summed E-state index contributed by atoms with van der Waals surface area (Å²) >= 11 is 0. The van der Waals surface area contributed by atoms with E-state index in [1.165, 1.54) is 71.3 Å². The van der Waals surface area contributed by atoms with Crippen LogP contribution in [0.25, 0.3) is 65.8 Å². The van der Waals surface area contributed by atoms with Gasteiger partial charge in [0.25, 0.3) is 0 Å². The summed E-state index contributed by atoms with van der Waals surface area (Å²) in [5, 5.41) is 7.66. The van der Waals surface area contributed by atoms with Gasteiger partial charge in [0.2, 0.25) is 0 Å². The Morgan fingerprint density at radius 1 is 0.513 bits per heavy atom. The maximum atomic E-state index is 4.68. The fraction of sp³-hybridized carbons (Fsp3) is 0.0278. The lowest BCUT2D eigenvalue weighted by molar-refractivity contribution is 1.15. The normalized spacial score (nSPS) is 12.9. The number of hydrogen-bond acceptors (Lipinski definition) is 1. The quantitative estimate of drug-likeness (QED) is 0.227. The van der Waals surface area contributed by atoms with Crippen LogP contribution in [0.4, 0.5) is 5.69 Å². The summed E-state index contributed by atoms with van der Waals surface area (Å²) in [7, 11) is 0. The third-order valence-corrected chi connectivity index (χ3v) is 8.36. The minimum absolute atomic E-state index is 0.851. The van der Waals surface area contributed by atoms with Crippen LogP contribution in [-0.2, 0) is 6.42 Å². The van der Waals surface area contributed by atoms with Gasteiger partial charge in [-0.3, -0.25) is 4.99 Å². The molecule has 0 bridgehead atoms. The molecule has 39 heavy (non-hydrogen) atoms. The number of rotatable bonds is 2. The number of benzene rings is 6. The highest BCUT2D eigenvalue weighted by atomic mass is 15.0. The summed E-state index contributed by atoms with van der Waals surface area (Å²) in [4.78, 5) is 4.68. The fourth-order valence-electron chi connectivity index (χ4n) is 6.76. The molecule has 0 unspecified atom stereocenters. The van der Waals surface area contributed by atoms with Crippen molar-refractivity contribution in [3.05, 3.63) is 127 Å². The monoisotopic (exact) mass is 497 g/mol. The van der Waals surface area contributed by atoms with Crippen LogP contribution in [-0.4, -0.2) is 15.3 Å². The number of para-hydroxylation sites is 2. The number of aliphatic imine (C=N–C) groups is 1. The Morgan fingerprint density at radius 3 is 2.21 bits per heavy atom. The van der Waals surface area contributed by atoms with Crippen molar-refractivity contribution in [3.8, 4) is 11.4 Å². The first-order chi connectivity index (χ1) is 19.4. The molecule has 9 rings (SSSR count). The van der Waals surface area contributed by atoms with Crippen LogP contribution in [0.2, 0.25) is 0 Å². The number of hydrogen-bond donors (Lipinski definition) is 0. The lowest BCUT2D eigenvalue weighted by atomic mass is 10.0. The Kier molecular flexibility index (Phi) is 4.11. The van der Waals surface area contributed by atoms with E-state index in [2.05, 4.69) is 135 Å². The second-order valence-corrected chi connectivity index (χ2v) is 10.4. The van der Waals surface area contributed by atoms with Crippen molar-refractivity contribution in [2.45, 2.75) is 6.42 Å². The second-order valence-electron chi connectivity index (χ2n) is 10.4. The minimum Gasteiger partial charge on any atom is -0.309 e. The molecule has 3 heteroatoms. The van der Waals surface area contributed by atoms with Gasteiger partial charge in [-0.15, -0.1) is 0 Å². The molecule has 2 aromatic heterocycles. The van der Waals surface area contributed by atoms with Gasteiger partial charge in [0.05, 0.1) is 33.4 Å². The molecule has 1 aliphatic rings. The molecule has 182 valence electrons. The van der Waals surface area contributed by atoms with E-state index in [-0.39, 0.29) is 0 Å². The standard InChI is InChI=1S/C36H23N3/c1-2-10-24(11-3-1)38-32-19-17-23-9-4-5-12-25(23)34(32)35-33(38)20-18-27-26-13-6-7-15-30(26)39(36(27)35)31-16-8-14-29-28(31)21-22-37-29/h1-20,22H,21H2. The molecule has 0 fully saturated rings. The van der Waals surface area contributed by atoms with E-state index >= 15 is 0 Å². The summed E-state index contributed by atoms with van der Waals surface area (Å²) in [6.45, 7) is 0. The SMILES string of the molecule is C1=Nc2cccc(-n3c4ccccc4c4ccc5c(c6c7ccccc7ccc6n5-c5ccccc5)c43)c2C1. The third-order valence-electron chi connectivity index (χ3n) is 8.36. The summed E-state index contributed by atoms with van der Waals surface area (Å²) in [5.41, 5.74) is 9.66. The molecule has 0 aliphatic carbocycles. The average Bonchev–Trinajstić information content (AvgIpc) is 3.70. The molecular formula is C36H23N3. The Labute approximate surface area is 224 Å². The van der Waals surface area contributed by atoms with Gasteiger partial charge < -0.3 is 9.13 Å². The molecule has 0 spiro atoms.